The van der Waals surface area contributed by atoms with Gasteiger partial charge in [-0.25, -0.2) is 9.50 Å². The van der Waals surface area contributed by atoms with Gasteiger partial charge in [0.15, 0.2) is 17.1 Å². The van der Waals surface area contributed by atoms with Gasteiger partial charge in [-0.3, -0.25) is 14.5 Å². The van der Waals surface area contributed by atoms with Crippen molar-refractivity contribution in [2.45, 2.75) is 40.5 Å². The molecule has 34 heavy (non-hydrogen) atoms. The summed E-state index contributed by atoms with van der Waals surface area (Å²) >= 11 is 0. The number of nitrogens with one attached hydrogen (secondary N) is 1. The van der Waals surface area contributed by atoms with E-state index in [2.05, 4.69) is 15.1 Å². The predicted octanol–water partition coefficient (Wildman–Crippen LogP) is 2.56. The number of H-pyrrole nitrogens is 1. The van der Waals surface area contributed by atoms with Crippen LogP contribution in [0.4, 0.5) is 0 Å². The summed E-state index contributed by atoms with van der Waals surface area (Å²) in [6, 6.07) is 5.01. The van der Waals surface area contributed by atoms with Gasteiger partial charge in [-0.15, -0.1) is 5.10 Å². The molecule has 3 aromatic rings. The summed E-state index contributed by atoms with van der Waals surface area (Å²) in [5.41, 5.74) is 1.54. The number of piperazine rings is 1. The van der Waals surface area contributed by atoms with E-state index in [9.17, 15) is 9.59 Å². The van der Waals surface area contributed by atoms with Crippen molar-refractivity contribution in [3.8, 4) is 17.1 Å². The van der Waals surface area contributed by atoms with Crippen LogP contribution in [0.1, 0.15) is 55.9 Å². The van der Waals surface area contributed by atoms with Gasteiger partial charge >= 0.3 is 0 Å². The van der Waals surface area contributed by atoms with Crippen LogP contribution in [0.5, 0.6) is 5.75 Å². The topological polar surface area (TPSA) is 95.8 Å². The molecule has 0 radical (unpaired) electrons. The van der Waals surface area contributed by atoms with E-state index in [1.807, 2.05) is 18.7 Å². The van der Waals surface area contributed by atoms with Gasteiger partial charge in [0, 0.05) is 45.0 Å². The van der Waals surface area contributed by atoms with Crippen molar-refractivity contribution in [3.05, 3.63) is 45.6 Å². The predicted molar refractivity (Wildman–Crippen MR) is 132 cm³/mol. The van der Waals surface area contributed by atoms with E-state index in [0.717, 1.165) is 6.42 Å². The summed E-state index contributed by atoms with van der Waals surface area (Å²) in [5, 5.41) is 4.67. The number of rotatable bonds is 9. The summed E-state index contributed by atoms with van der Waals surface area (Å²) in [6.07, 6.45) is 1.49. The van der Waals surface area contributed by atoms with E-state index in [4.69, 9.17) is 11.6 Å². The number of fused-ring (bicyclic) bond motifs is 1. The number of hydrogen-bond donors (Lipinski definition) is 1. The fourth-order valence-electron chi connectivity index (χ4n) is 4.22. The largest absolute Gasteiger partial charge is 0.493 e. The summed E-state index contributed by atoms with van der Waals surface area (Å²) in [7, 11) is 0. The molecule has 0 aliphatic carbocycles. The normalized spacial score (nSPS) is 18.1. The SMILES string of the molecule is [2H]C([2H])([2H])C([2H])([2H])N1CCN(CC(=O)c2ccc(OCC)c(-c3nn4c(CCC)nc(C)c4c(=O)[nH]3)c2)CC1. The molecule has 1 aliphatic rings. The molecule has 1 aliphatic heterocycles. The highest BCUT2D eigenvalue weighted by molar-refractivity contribution is 5.99. The number of Topliss-reactive ketones (excluding diaryl/α,β-unsaturated/α-hetero) is 1. The smallest absolute Gasteiger partial charge is 0.277 e. The maximum Gasteiger partial charge on any atom is 0.277 e. The van der Waals surface area contributed by atoms with Crippen LogP contribution in [-0.2, 0) is 6.42 Å². The molecule has 9 heteroatoms. The molecule has 9 nitrogen and oxygen atoms in total. The highest BCUT2D eigenvalue weighted by Crippen LogP contribution is 2.29. The Morgan fingerprint density at radius 2 is 2.00 bits per heavy atom. The molecule has 1 saturated heterocycles. The molecule has 3 heterocycles. The Bertz CT molecular complexity index is 1410. The maximum atomic E-state index is 13.3. The van der Waals surface area contributed by atoms with Crippen molar-refractivity contribution in [2.75, 3.05) is 45.8 Å². The third kappa shape index (κ3) is 4.90. The van der Waals surface area contributed by atoms with Gasteiger partial charge in [0.05, 0.1) is 24.4 Å². The molecule has 182 valence electrons. The Morgan fingerprint density at radius 3 is 2.71 bits per heavy atom. The van der Waals surface area contributed by atoms with E-state index in [1.165, 1.54) is 4.90 Å². The number of likely N-dealkylation sites (N-methyl/N-ethyl adjacent to an activating group) is 1. The maximum absolute atomic E-state index is 13.3. The van der Waals surface area contributed by atoms with Gasteiger partial charge in [0.2, 0.25) is 0 Å². The molecule has 0 spiro atoms. The number of aryl methyl sites for hydroxylation is 2. The second-order valence-corrected chi connectivity index (χ2v) is 8.37. The zero-order chi connectivity index (χ0) is 28.5. The highest BCUT2D eigenvalue weighted by atomic mass is 16.5. The van der Waals surface area contributed by atoms with Gasteiger partial charge in [0.1, 0.15) is 11.6 Å². The molecular formula is C25H34N6O3. The summed E-state index contributed by atoms with van der Waals surface area (Å²) < 4.78 is 45.7. The minimum Gasteiger partial charge on any atom is -0.493 e. The fourth-order valence-corrected chi connectivity index (χ4v) is 4.22. The lowest BCUT2D eigenvalue weighted by atomic mass is 10.0. The zero-order valence-corrected chi connectivity index (χ0v) is 19.8. The lowest BCUT2D eigenvalue weighted by molar-refractivity contribution is 0.0859. The lowest BCUT2D eigenvalue weighted by Crippen LogP contribution is -2.47. The Kier molecular flexibility index (Phi) is 5.64. The van der Waals surface area contributed by atoms with Gasteiger partial charge in [-0.2, -0.15) is 0 Å². The Labute approximate surface area is 206 Å². The van der Waals surface area contributed by atoms with E-state index < -0.39 is 13.3 Å². The summed E-state index contributed by atoms with van der Waals surface area (Å²) in [5.74, 6) is 1.26. The minimum absolute atomic E-state index is 0.0857. The molecule has 0 unspecified atom stereocenters. The highest BCUT2D eigenvalue weighted by Gasteiger charge is 2.21. The number of imidazole rings is 1. The number of aromatic amines is 1. The zero-order valence-electron chi connectivity index (χ0n) is 24.8. The lowest BCUT2D eigenvalue weighted by Gasteiger charge is -2.33. The minimum atomic E-state index is -2.76. The summed E-state index contributed by atoms with van der Waals surface area (Å²) in [6.45, 7) is 2.03. The number of hydrogen-bond acceptors (Lipinski definition) is 7. The van der Waals surface area contributed by atoms with Gasteiger partial charge < -0.3 is 14.6 Å². The van der Waals surface area contributed by atoms with Crippen LogP contribution >= 0.6 is 0 Å². The average molecular weight is 472 g/mol. The van der Waals surface area contributed by atoms with E-state index in [-0.39, 0.29) is 36.8 Å². The first-order valence-electron chi connectivity index (χ1n) is 14.1. The molecule has 0 amide bonds. The third-order valence-electron chi connectivity index (χ3n) is 5.97. The first kappa shape index (κ1) is 18.3. The molecule has 1 aromatic carbocycles. The number of benzene rings is 1. The van der Waals surface area contributed by atoms with Gasteiger partial charge in [0.25, 0.3) is 5.56 Å². The van der Waals surface area contributed by atoms with Crippen molar-refractivity contribution in [1.82, 2.24) is 29.4 Å². The van der Waals surface area contributed by atoms with Crippen molar-refractivity contribution < 1.29 is 16.4 Å². The number of carbonyl (C=O) groups is 1. The standard InChI is InChI=1S/C25H34N6O3/c1-5-8-22-26-17(4)23-25(33)27-24(28-31(22)23)19-15-18(9-10-21(19)34-7-3)20(32)16-30-13-11-29(6-2)12-14-30/h9-10,15H,5-8,11-14,16H2,1-4H3,(H,27,28,33)/i2D3,6D2. The van der Waals surface area contributed by atoms with Crippen LogP contribution in [0.15, 0.2) is 23.0 Å². The van der Waals surface area contributed by atoms with Crippen LogP contribution in [0, 0.1) is 6.92 Å². The Balaban J connectivity index is 1.59. The number of ketones is 1. The third-order valence-corrected chi connectivity index (χ3v) is 5.97. The second-order valence-electron chi connectivity index (χ2n) is 8.37. The van der Waals surface area contributed by atoms with Crippen molar-refractivity contribution in [3.63, 3.8) is 0 Å². The molecule has 0 bridgehead atoms. The molecule has 0 saturated carbocycles. The number of nitrogens with zero attached hydrogens (tertiary/aromatic N) is 5. The number of aromatic nitrogens is 4. The summed E-state index contributed by atoms with van der Waals surface area (Å²) in [4.78, 5) is 36.8. The van der Waals surface area contributed by atoms with Gasteiger partial charge in [-0.05, 0) is 45.0 Å². The van der Waals surface area contributed by atoms with E-state index in [1.54, 1.807) is 29.6 Å². The number of ether oxygens (including phenoxy) is 1. The first-order chi connectivity index (χ1) is 18.4. The molecule has 4 rings (SSSR count). The van der Waals surface area contributed by atoms with E-state index >= 15 is 0 Å². The molecule has 1 N–H and O–H groups in total. The van der Waals surface area contributed by atoms with Crippen LogP contribution in [0.25, 0.3) is 16.9 Å². The monoisotopic (exact) mass is 471 g/mol. The Hall–Kier alpha value is -3.04. The number of carbonyl (C=O) groups excluding carboxylic acids is 1. The van der Waals surface area contributed by atoms with Crippen molar-refractivity contribution >= 4 is 11.3 Å². The van der Waals surface area contributed by atoms with Gasteiger partial charge in [-0.1, -0.05) is 13.8 Å². The van der Waals surface area contributed by atoms with Crippen LogP contribution < -0.4 is 10.3 Å². The molecule has 2 aromatic heterocycles. The molecular weight excluding hydrogens is 432 g/mol. The fraction of sp³-hybridized carbons (Fsp3) is 0.520. The van der Waals surface area contributed by atoms with Crippen molar-refractivity contribution in [1.29, 1.82) is 0 Å². The van der Waals surface area contributed by atoms with Crippen LogP contribution in [0.2, 0.25) is 0 Å². The van der Waals surface area contributed by atoms with E-state index in [0.29, 0.717) is 60.0 Å². The first-order valence-corrected chi connectivity index (χ1v) is 11.6. The average Bonchev–Trinajstić information content (AvgIpc) is 3.19. The van der Waals surface area contributed by atoms with Crippen molar-refractivity contribution in [2.24, 2.45) is 0 Å². The second kappa shape index (κ2) is 10.5. The Morgan fingerprint density at radius 1 is 1.24 bits per heavy atom. The van der Waals surface area contributed by atoms with Crippen LogP contribution in [0.3, 0.4) is 0 Å². The molecule has 1 fully saturated rings. The van der Waals surface area contributed by atoms with Crippen LogP contribution in [-0.4, -0.2) is 81.0 Å². The molecule has 0 atom stereocenters. The quantitative estimate of drug-likeness (QED) is 0.479.